The van der Waals surface area contributed by atoms with Gasteiger partial charge in [0.05, 0.1) is 23.1 Å². The monoisotopic (exact) mass is 636 g/mol. The van der Waals surface area contributed by atoms with E-state index in [1.807, 2.05) is 0 Å². The van der Waals surface area contributed by atoms with E-state index in [2.05, 4.69) is 25.3 Å². The summed E-state index contributed by atoms with van der Waals surface area (Å²) in [6.45, 7) is 3.01. The summed E-state index contributed by atoms with van der Waals surface area (Å²) in [6, 6.07) is 1.19. The van der Waals surface area contributed by atoms with Crippen molar-refractivity contribution in [3.05, 3.63) is 53.1 Å². The summed E-state index contributed by atoms with van der Waals surface area (Å²) >= 11 is 0. The van der Waals surface area contributed by atoms with Crippen LogP contribution in [0.4, 0.5) is 32.2 Å². The Bertz CT molecular complexity index is 1790. The number of carbonyl (C=O) groups is 2. The molecule has 4 aromatic heterocycles. The van der Waals surface area contributed by atoms with Gasteiger partial charge in [-0.1, -0.05) is 6.07 Å². The number of carbonyl (C=O) groups excluding carboxylic acids is 2. The van der Waals surface area contributed by atoms with Crippen molar-refractivity contribution in [3.63, 3.8) is 0 Å². The van der Waals surface area contributed by atoms with E-state index in [4.69, 9.17) is 16.5 Å². The van der Waals surface area contributed by atoms with Crippen LogP contribution in [-0.2, 0) is 5.54 Å². The number of halogens is 6. The van der Waals surface area contributed by atoms with E-state index >= 15 is 0 Å². The van der Waals surface area contributed by atoms with Gasteiger partial charge < -0.3 is 16.4 Å². The maximum Gasteiger partial charge on any atom is 0.421 e. The van der Waals surface area contributed by atoms with Gasteiger partial charge in [0, 0.05) is 35.3 Å². The molecule has 5 N–H and O–H groups in total. The minimum atomic E-state index is -5.87. The molecule has 0 saturated carbocycles. The number of nitrogens with one attached hydrogen (secondary N) is 1. The first-order valence-corrected chi connectivity index (χ1v) is 13.8. The fourth-order valence-corrected chi connectivity index (χ4v) is 6.42. The molecule has 0 aliphatic carbocycles. The normalized spacial score (nSPS) is 20.6. The zero-order valence-corrected chi connectivity index (χ0v) is 23.7. The zero-order valence-electron chi connectivity index (χ0n) is 23.7. The number of nitrogens with zero attached hydrogens (tertiary/aromatic N) is 7. The number of fused-ring (bicyclic) bond motifs is 3. The molecule has 238 valence electrons. The van der Waals surface area contributed by atoms with Gasteiger partial charge in [0.25, 0.3) is 11.4 Å². The number of hydrogen-bond donors (Lipinski definition) is 3. The molecule has 2 aliphatic rings. The Hall–Kier alpha value is -4.61. The van der Waals surface area contributed by atoms with Crippen LogP contribution in [0.15, 0.2) is 24.5 Å². The van der Waals surface area contributed by atoms with Crippen LogP contribution in [-0.4, -0.2) is 75.8 Å². The number of nitrogen functional groups attached to an aromatic ring is 1. The number of rotatable bonds is 5. The quantitative estimate of drug-likeness (QED) is 0.217. The summed E-state index contributed by atoms with van der Waals surface area (Å²) in [4.78, 5) is 40.2. The van der Waals surface area contributed by atoms with Crippen LogP contribution < -0.4 is 11.5 Å². The van der Waals surface area contributed by atoms with Crippen molar-refractivity contribution >= 4 is 23.2 Å². The maximum absolute atomic E-state index is 13.5. The second-order valence-electron chi connectivity index (χ2n) is 11.4. The summed E-state index contributed by atoms with van der Waals surface area (Å²) in [5.41, 5.74) is 6.08. The number of anilines is 1. The number of amides is 1. The topological polar surface area (TPSA) is 174 Å². The highest BCUT2D eigenvalue weighted by atomic mass is 19.4. The predicted octanol–water partition coefficient (Wildman–Crippen LogP) is 3.83. The highest BCUT2D eigenvalue weighted by Crippen LogP contribution is 2.48. The minimum absolute atomic E-state index is 0.0319. The molecule has 1 unspecified atom stereocenters. The lowest BCUT2D eigenvalue weighted by Crippen LogP contribution is -2.61. The van der Waals surface area contributed by atoms with E-state index in [1.54, 1.807) is 11.8 Å². The second-order valence-corrected chi connectivity index (χ2v) is 11.4. The average Bonchev–Trinajstić information content (AvgIpc) is 3.66. The van der Waals surface area contributed by atoms with E-state index in [1.165, 1.54) is 17.6 Å². The SMILES string of the molecule is CC(=O)c1c(C2C[C@H]3CC[C@@H](C2)N3C(=O)c2n[nH]c(C)n2)nc2c(-c3ccc(C(N)(C(F)(F)F)C(F)(F)F)nc3)cnn2c1N. The van der Waals surface area contributed by atoms with Gasteiger partial charge in [0.2, 0.25) is 5.82 Å². The number of ketones is 1. The third-order valence-electron chi connectivity index (χ3n) is 8.58. The van der Waals surface area contributed by atoms with Crippen molar-refractivity contribution in [2.75, 3.05) is 5.73 Å². The molecule has 0 radical (unpaired) electrons. The van der Waals surface area contributed by atoms with E-state index in [-0.39, 0.29) is 63.7 Å². The fourth-order valence-electron chi connectivity index (χ4n) is 6.42. The van der Waals surface area contributed by atoms with Crippen molar-refractivity contribution in [2.24, 2.45) is 5.73 Å². The summed E-state index contributed by atoms with van der Waals surface area (Å²) in [6.07, 6.45) is -7.29. The molecule has 2 aliphatic heterocycles. The van der Waals surface area contributed by atoms with Crippen LogP contribution in [0.2, 0.25) is 0 Å². The highest BCUT2D eigenvalue weighted by Gasteiger charge is 2.70. The van der Waals surface area contributed by atoms with Crippen LogP contribution in [0.5, 0.6) is 0 Å². The van der Waals surface area contributed by atoms with Gasteiger partial charge in [0.1, 0.15) is 11.6 Å². The number of H-pyrrole nitrogens is 1. The van der Waals surface area contributed by atoms with Crippen LogP contribution in [0, 0.1) is 6.92 Å². The lowest BCUT2D eigenvalue weighted by atomic mass is 9.85. The van der Waals surface area contributed by atoms with Crippen LogP contribution in [0.1, 0.15) is 76.7 Å². The Labute approximate surface area is 250 Å². The van der Waals surface area contributed by atoms with Crippen molar-refractivity contribution in [3.8, 4) is 11.1 Å². The molecule has 2 saturated heterocycles. The molecular weight excluding hydrogens is 610 g/mol. The third kappa shape index (κ3) is 4.69. The molecule has 45 heavy (non-hydrogen) atoms. The average molecular weight is 637 g/mol. The summed E-state index contributed by atoms with van der Waals surface area (Å²) in [5.74, 6) is -0.435. The number of nitrogens with two attached hydrogens (primary N) is 2. The van der Waals surface area contributed by atoms with Crippen molar-refractivity contribution < 1.29 is 35.9 Å². The molecule has 6 rings (SSSR count). The molecular formula is C27H26F6N10O2. The van der Waals surface area contributed by atoms with Gasteiger partial charge in [-0.15, -0.1) is 5.10 Å². The smallest absolute Gasteiger partial charge is 0.383 e. The fraction of sp³-hybridized carbons (Fsp3) is 0.444. The minimum Gasteiger partial charge on any atom is -0.383 e. The van der Waals surface area contributed by atoms with Crippen molar-refractivity contribution in [2.45, 2.75) is 75.4 Å². The molecule has 1 amide bonds. The molecule has 18 heteroatoms. The Morgan fingerprint density at radius 3 is 2.16 bits per heavy atom. The number of hydrogen-bond acceptors (Lipinski definition) is 9. The standard InChI is InChI=1S/C27H26F6N10O2/c1-11(44)19-20(14-7-15-4-5-16(8-14)42(15)24(45)22-38-12(2)40-41-22)39-23-17(10-37-43(23)21(19)34)13-3-6-18(36-9-13)25(35,26(28,29)30)27(31,32)33/h3,6,9-10,14-16H,4-5,7-8,34-35H2,1-2H3,(H,38,40,41)/t14?,15-,16+. The first-order chi connectivity index (χ1) is 21.0. The highest BCUT2D eigenvalue weighted by molar-refractivity contribution is 6.00. The van der Waals surface area contributed by atoms with E-state index < -0.39 is 23.6 Å². The lowest BCUT2D eigenvalue weighted by molar-refractivity contribution is -0.303. The molecule has 0 spiro atoms. The van der Waals surface area contributed by atoms with Gasteiger partial charge >= 0.3 is 12.4 Å². The largest absolute Gasteiger partial charge is 0.421 e. The van der Waals surface area contributed by atoms with Crippen molar-refractivity contribution in [1.29, 1.82) is 0 Å². The Balaban J connectivity index is 1.38. The maximum atomic E-state index is 13.5. The number of piperidine rings is 1. The van der Waals surface area contributed by atoms with E-state index in [9.17, 15) is 35.9 Å². The number of aromatic nitrogens is 7. The van der Waals surface area contributed by atoms with E-state index in [0.717, 1.165) is 25.1 Å². The zero-order chi connectivity index (χ0) is 32.6. The second kappa shape index (κ2) is 10.2. The van der Waals surface area contributed by atoms with Gasteiger partial charge in [-0.2, -0.15) is 36.0 Å². The third-order valence-corrected chi connectivity index (χ3v) is 8.58. The molecule has 4 aromatic rings. The van der Waals surface area contributed by atoms with Crippen LogP contribution in [0.3, 0.4) is 0 Å². The summed E-state index contributed by atoms with van der Waals surface area (Å²) in [5, 5.41) is 10.8. The number of pyridine rings is 1. The molecule has 2 fully saturated rings. The van der Waals surface area contributed by atoms with Gasteiger partial charge in [-0.05, 0) is 45.6 Å². The molecule has 0 aromatic carbocycles. The molecule has 6 heterocycles. The van der Waals surface area contributed by atoms with Gasteiger partial charge in [0.15, 0.2) is 11.4 Å². The first kappa shape index (κ1) is 30.4. The lowest BCUT2D eigenvalue weighted by Gasteiger charge is -2.38. The first-order valence-electron chi connectivity index (χ1n) is 13.8. The Kier molecular flexibility index (Phi) is 6.90. The van der Waals surface area contributed by atoms with Crippen molar-refractivity contribution in [1.82, 2.24) is 39.7 Å². The molecule has 12 nitrogen and oxygen atoms in total. The molecule has 3 atom stereocenters. The number of aryl methyl sites for hydroxylation is 1. The predicted molar refractivity (Wildman–Crippen MR) is 145 cm³/mol. The Morgan fingerprint density at radius 1 is 1.00 bits per heavy atom. The number of aromatic amines is 1. The summed E-state index contributed by atoms with van der Waals surface area (Å²) in [7, 11) is 0. The van der Waals surface area contributed by atoms with Gasteiger partial charge in [-0.3, -0.25) is 19.7 Å². The van der Waals surface area contributed by atoms with Gasteiger partial charge in [-0.25, -0.2) is 9.97 Å². The Morgan fingerprint density at radius 2 is 1.64 bits per heavy atom. The summed E-state index contributed by atoms with van der Waals surface area (Å²) < 4.78 is 82.0. The van der Waals surface area contributed by atoms with Crippen LogP contribution in [0.25, 0.3) is 16.8 Å². The van der Waals surface area contributed by atoms with Crippen LogP contribution >= 0.6 is 0 Å². The molecule has 2 bridgehead atoms. The van der Waals surface area contributed by atoms with E-state index in [0.29, 0.717) is 30.4 Å². The number of Topliss-reactive ketones (excluding diaryl/α,β-unsaturated/α-hetero) is 1. The number of alkyl halides is 6.